The van der Waals surface area contributed by atoms with E-state index in [-0.39, 0.29) is 11.3 Å². The summed E-state index contributed by atoms with van der Waals surface area (Å²) in [4.78, 5) is 33.2. The Labute approximate surface area is 164 Å². The van der Waals surface area contributed by atoms with Gasteiger partial charge in [0.25, 0.3) is 11.5 Å². The predicted octanol–water partition coefficient (Wildman–Crippen LogP) is 3.06. The largest absolute Gasteiger partial charge is 0.296 e. The van der Waals surface area contributed by atoms with Crippen molar-refractivity contribution >= 4 is 22.4 Å². The number of benzene rings is 1. The Bertz CT molecular complexity index is 1160. The molecule has 1 amide bonds. The molecule has 0 aliphatic heterocycles. The third kappa shape index (κ3) is 4.02. The van der Waals surface area contributed by atoms with Gasteiger partial charge in [-0.15, -0.1) is 11.3 Å². The standard InChI is InChI=1S/C20H15N5O2S/c26-18-10-9-16(24-25(18)12-14-6-2-1-3-7-14)19(27)23-20-22-17(13-28-20)15-8-4-5-11-21-15/h1-11,13H,12H2,(H,22,23,27). The Balaban J connectivity index is 1.52. The van der Waals surface area contributed by atoms with E-state index in [2.05, 4.69) is 20.4 Å². The number of amides is 1. The van der Waals surface area contributed by atoms with Crippen LogP contribution < -0.4 is 10.9 Å². The van der Waals surface area contributed by atoms with Crippen LogP contribution in [-0.2, 0) is 6.54 Å². The molecular formula is C20H15N5O2S. The van der Waals surface area contributed by atoms with Gasteiger partial charge in [0.15, 0.2) is 5.13 Å². The molecular weight excluding hydrogens is 374 g/mol. The van der Waals surface area contributed by atoms with Crippen LogP contribution in [0.2, 0.25) is 0 Å². The van der Waals surface area contributed by atoms with E-state index in [0.29, 0.717) is 17.4 Å². The van der Waals surface area contributed by atoms with Gasteiger partial charge < -0.3 is 0 Å². The van der Waals surface area contributed by atoms with Crippen molar-refractivity contribution in [1.82, 2.24) is 19.7 Å². The van der Waals surface area contributed by atoms with E-state index in [1.807, 2.05) is 53.9 Å². The van der Waals surface area contributed by atoms with Crippen molar-refractivity contribution in [3.05, 3.63) is 93.9 Å². The molecule has 8 heteroatoms. The molecule has 4 aromatic rings. The third-order valence-corrected chi connectivity index (χ3v) is 4.68. The molecule has 0 unspecified atom stereocenters. The van der Waals surface area contributed by atoms with Crippen molar-refractivity contribution in [3.8, 4) is 11.4 Å². The second-order valence-corrected chi connectivity index (χ2v) is 6.77. The summed E-state index contributed by atoms with van der Waals surface area (Å²) < 4.78 is 1.27. The zero-order valence-corrected chi connectivity index (χ0v) is 15.5. The molecule has 7 nitrogen and oxygen atoms in total. The van der Waals surface area contributed by atoms with Crippen molar-refractivity contribution in [2.24, 2.45) is 0 Å². The van der Waals surface area contributed by atoms with Crippen molar-refractivity contribution in [2.75, 3.05) is 5.32 Å². The van der Waals surface area contributed by atoms with Crippen LogP contribution in [0.15, 0.2) is 77.0 Å². The molecule has 0 atom stereocenters. The van der Waals surface area contributed by atoms with Crippen molar-refractivity contribution < 1.29 is 4.79 Å². The topological polar surface area (TPSA) is 89.8 Å². The second kappa shape index (κ2) is 7.93. The van der Waals surface area contributed by atoms with Crippen LogP contribution in [0.4, 0.5) is 5.13 Å². The molecule has 3 heterocycles. The summed E-state index contributed by atoms with van der Waals surface area (Å²) in [6.07, 6.45) is 1.69. The number of thiazole rings is 1. The first kappa shape index (κ1) is 17.7. The minimum Gasteiger partial charge on any atom is -0.296 e. The minimum atomic E-state index is -0.427. The van der Waals surface area contributed by atoms with Gasteiger partial charge in [-0.1, -0.05) is 36.4 Å². The monoisotopic (exact) mass is 389 g/mol. The smallest absolute Gasteiger partial charge is 0.277 e. The summed E-state index contributed by atoms with van der Waals surface area (Å²) in [7, 11) is 0. The zero-order chi connectivity index (χ0) is 19.3. The number of aromatic nitrogens is 4. The summed E-state index contributed by atoms with van der Waals surface area (Å²) in [5.41, 5.74) is 2.21. The highest BCUT2D eigenvalue weighted by atomic mass is 32.1. The molecule has 0 spiro atoms. The molecule has 0 aliphatic carbocycles. The van der Waals surface area contributed by atoms with Gasteiger partial charge in [0, 0.05) is 17.6 Å². The van der Waals surface area contributed by atoms with Gasteiger partial charge in [-0.3, -0.25) is 19.9 Å². The van der Waals surface area contributed by atoms with Crippen LogP contribution in [-0.4, -0.2) is 25.7 Å². The van der Waals surface area contributed by atoms with Crippen LogP contribution in [0, 0.1) is 0 Å². The van der Waals surface area contributed by atoms with Crippen molar-refractivity contribution in [1.29, 1.82) is 0 Å². The molecule has 0 saturated carbocycles. The van der Waals surface area contributed by atoms with Gasteiger partial charge >= 0.3 is 0 Å². The number of hydrogen-bond acceptors (Lipinski definition) is 6. The molecule has 3 aromatic heterocycles. The van der Waals surface area contributed by atoms with Crippen LogP contribution in [0.1, 0.15) is 16.1 Å². The van der Waals surface area contributed by atoms with E-state index in [4.69, 9.17) is 0 Å². The lowest BCUT2D eigenvalue weighted by atomic mass is 10.2. The van der Waals surface area contributed by atoms with E-state index in [0.717, 1.165) is 11.3 Å². The number of carbonyl (C=O) groups is 1. The van der Waals surface area contributed by atoms with Gasteiger partial charge in [0.1, 0.15) is 11.4 Å². The zero-order valence-electron chi connectivity index (χ0n) is 14.6. The lowest BCUT2D eigenvalue weighted by Crippen LogP contribution is -2.26. The lowest BCUT2D eigenvalue weighted by Gasteiger charge is -2.07. The molecule has 1 N–H and O–H groups in total. The molecule has 0 radical (unpaired) electrons. The maximum atomic E-state index is 12.5. The third-order valence-electron chi connectivity index (χ3n) is 3.93. The highest BCUT2D eigenvalue weighted by molar-refractivity contribution is 7.14. The summed E-state index contributed by atoms with van der Waals surface area (Å²) >= 11 is 1.30. The summed E-state index contributed by atoms with van der Waals surface area (Å²) in [6.45, 7) is 0.294. The summed E-state index contributed by atoms with van der Waals surface area (Å²) in [6, 6.07) is 17.8. The Kier molecular flexibility index (Phi) is 5.03. The van der Waals surface area contributed by atoms with Gasteiger partial charge in [-0.05, 0) is 23.8 Å². The fraction of sp³-hybridized carbons (Fsp3) is 0.0500. The normalized spacial score (nSPS) is 10.6. The molecule has 0 aliphatic rings. The first-order valence-corrected chi connectivity index (χ1v) is 9.37. The van der Waals surface area contributed by atoms with E-state index < -0.39 is 5.91 Å². The Morgan fingerprint density at radius 1 is 1.00 bits per heavy atom. The number of nitrogens with zero attached hydrogens (tertiary/aromatic N) is 4. The Morgan fingerprint density at radius 3 is 2.61 bits per heavy atom. The van der Waals surface area contributed by atoms with Crippen LogP contribution in [0.3, 0.4) is 0 Å². The van der Waals surface area contributed by atoms with Crippen LogP contribution in [0.25, 0.3) is 11.4 Å². The molecule has 28 heavy (non-hydrogen) atoms. The summed E-state index contributed by atoms with van der Waals surface area (Å²) in [5, 5.41) is 9.17. The Morgan fingerprint density at radius 2 is 1.82 bits per heavy atom. The van der Waals surface area contributed by atoms with Gasteiger partial charge in [-0.25, -0.2) is 9.67 Å². The van der Waals surface area contributed by atoms with E-state index in [1.165, 1.54) is 28.2 Å². The lowest BCUT2D eigenvalue weighted by molar-refractivity contribution is 0.102. The number of nitrogens with one attached hydrogen (secondary N) is 1. The number of pyridine rings is 1. The van der Waals surface area contributed by atoms with Crippen molar-refractivity contribution in [3.63, 3.8) is 0 Å². The molecule has 138 valence electrons. The first-order valence-electron chi connectivity index (χ1n) is 8.49. The molecule has 0 saturated heterocycles. The molecule has 4 rings (SSSR count). The first-order chi connectivity index (χ1) is 13.7. The second-order valence-electron chi connectivity index (χ2n) is 5.91. The van der Waals surface area contributed by atoms with Crippen LogP contribution in [0.5, 0.6) is 0 Å². The maximum absolute atomic E-state index is 12.5. The number of hydrogen-bond donors (Lipinski definition) is 1. The molecule has 1 aromatic carbocycles. The highest BCUT2D eigenvalue weighted by Gasteiger charge is 2.13. The highest BCUT2D eigenvalue weighted by Crippen LogP contribution is 2.23. The fourth-order valence-electron chi connectivity index (χ4n) is 2.56. The van der Waals surface area contributed by atoms with E-state index >= 15 is 0 Å². The Hall–Kier alpha value is -3.65. The fourth-order valence-corrected chi connectivity index (χ4v) is 3.26. The molecule has 0 fully saturated rings. The summed E-state index contributed by atoms with van der Waals surface area (Å²) in [5.74, 6) is -0.427. The number of carbonyl (C=O) groups excluding carboxylic acids is 1. The van der Waals surface area contributed by atoms with Crippen LogP contribution >= 0.6 is 11.3 Å². The average Bonchev–Trinajstić information content (AvgIpc) is 3.19. The number of rotatable bonds is 5. The minimum absolute atomic E-state index is 0.144. The van der Waals surface area contributed by atoms with Gasteiger partial charge in [0.05, 0.1) is 12.2 Å². The predicted molar refractivity (Wildman–Crippen MR) is 107 cm³/mol. The average molecular weight is 389 g/mol. The van der Waals surface area contributed by atoms with E-state index in [9.17, 15) is 9.59 Å². The van der Waals surface area contributed by atoms with E-state index in [1.54, 1.807) is 6.20 Å². The maximum Gasteiger partial charge on any atom is 0.277 e. The molecule has 0 bridgehead atoms. The quantitative estimate of drug-likeness (QED) is 0.567. The van der Waals surface area contributed by atoms with Gasteiger partial charge in [0.2, 0.25) is 0 Å². The van der Waals surface area contributed by atoms with Gasteiger partial charge in [-0.2, -0.15) is 5.10 Å². The SMILES string of the molecule is O=C(Nc1nc(-c2ccccn2)cs1)c1ccc(=O)n(Cc2ccccc2)n1. The van der Waals surface area contributed by atoms with Crippen molar-refractivity contribution in [2.45, 2.75) is 6.54 Å². The number of anilines is 1.